The summed E-state index contributed by atoms with van der Waals surface area (Å²) in [6.07, 6.45) is -3.37. The smallest absolute Gasteiger partial charge is 0.417 e. The maximum Gasteiger partial charge on any atom is 0.417 e. The molecule has 1 N–H and O–H groups in total. The molecule has 0 saturated carbocycles. The van der Waals surface area contributed by atoms with E-state index in [1.54, 1.807) is 36.4 Å². The molecule has 2 atom stereocenters. The number of hydrogen-bond donors (Lipinski definition) is 1. The van der Waals surface area contributed by atoms with Gasteiger partial charge in [-0.3, -0.25) is 5.01 Å². The molecule has 0 bridgehead atoms. The van der Waals surface area contributed by atoms with Crippen LogP contribution in [0.1, 0.15) is 40.3 Å². The fourth-order valence-corrected chi connectivity index (χ4v) is 4.73. The topological polar surface area (TPSA) is 59.6 Å². The molecule has 0 radical (unpaired) electrons. The fraction of sp³-hybridized carbons (Fsp3) is 0.200. The lowest BCUT2D eigenvalue weighted by Gasteiger charge is -2.31. The summed E-state index contributed by atoms with van der Waals surface area (Å²) < 4.78 is 54.5. The predicted octanol–water partition coefficient (Wildman–Crippen LogP) is 5.95. The Labute approximate surface area is 187 Å². The van der Waals surface area contributed by atoms with Gasteiger partial charge >= 0.3 is 6.18 Å². The van der Waals surface area contributed by atoms with E-state index in [1.165, 1.54) is 23.2 Å². The first-order chi connectivity index (χ1) is 15.8. The third kappa shape index (κ3) is 3.59. The van der Waals surface area contributed by atoms with Gasteiger partial charge in [0, 0.05) is 11.5 Å². The molecule has 33 heavy (non-hydrogen) atoms. The van der Waals surface area contributed by atoms with E-state index < -0.39 is 29.2 Å². The third-order valence-electron chi connectivity index (χ3n) is 6.21. The standard InChI is InChI=1S/C25H17F4N3O/c26-17-5-1-14(2-6-17)24-21-9-4-15-11-19(33)8-10-20(15)23(21)31-32(24)18-7-3-16(13-30)22(12-18)25(27,28)29/h1-3,5-8,10-12,21,24,33H,4,9H2/t21?,24-/m0/s1. The number of benzene rings is 3. The lowest BCUT2D eigenvalue weighted by Crippen LogP contribution is -2.29. The Bertz CT molecular complexity index is 1310. The number of alkyl halides is 3. The van der Waals surface area contributed by atoms with Gasteiger partial charge in [-0.2, -0.15) is 23.5 Å². The van der Waals surface area contributed by atoms with Crippen molar-refractivity contribution in [2.45, 2.75) is 25.1 Å². The number of halogens is 4. The average Bonchev–Trinajstić information content (AvgIpc) is 3.18. The third-order valence-corrected chi connectivity index (χ3v) is 6.21. The van der Waals surface area contributed by atoms with Crippen LogP contribution in [0.2, 0.25) is 0 Å². The van der Waals surface area contributed by atoms with Gasteiger partial charge in [0.25, 0.3) is 0 Å². The van der Waals surface area contributed by atoms with Gasteiger partial charge in [0.1, 0.15) is 11.6 Å². The van der Waals surface area contributed by atoms with Gasteiger partial charge in [-0.15, -0.1) is 0 Å². The molecule has 3 aromatic carbocycles. The minimum Gasteiger partial charge on any atom is -0.508 e. The largest absolute Gasteiger partial charge is 0.508 e. The highest BCUT2D eigenvalue weighted by Gasteiger charge is 2.43. The number of hydrogen-bond acceptors (Lipinski definition) is 4. The summed E-state index contributed by atoms with van der Waals surface area (Å²) >= 11 is 0. The molecule has 0 saturated heterocycles. The second-order valence-corrected chi connectivity index (χ2v) is 8.15. The van der Waals surface area contributed by atoms with Crippen LogP contribution in [0.3, 0.4) is 0 Å². The maximum atomic E-state index is 13.6. The van der Waals surface area contributed by atoms with E-state index in [0.29, 0.717) is 18.6 Å². The Morgan fingerprint density at radius 2 is 1.79 bits per heavy atom. The van der Waals surface area contributed by atoms with Gasteiger partial charge in [-0.1, -0.05) is 12.1 Å². The first kappa shape index (κ1) is 21.0. The Morgan fingerprint density at radius 1 is 1.03 bits per heavy atom. The molecular weight excluding hydrogens is 434 g/mol. The van der Waals surface area contributed by atoms with Gasteiger partial charge in [0.2, 0.25) is 0 Å². The van der Waals surface area contributed by atoms with Crippen molar-refractivity contribution in [1.29, 1.82) is 5.26 Å². The van der Waals surface area contributed by atoms with Crippen LogP contribution >= 0.6 is 0 Å². The van der Waals surface area contributed by atoms with E-state index >= 15 is 0 Å². The van der Waals surface area contributed by atoms with Crippen LogP contribution in [0.5, 0.6) is 5.75 Å². The summed E-state index contributed by atoms with van der Waals surface area (Å²) in [4.78, 5) is 0. The molecule has 2 aliphatic rings. The zero-order valence-electron chi connectivity index (χ0n) is 17.1. The molecule has 4 nitrogen and oxygen atoms in total. The molecule has 1 aliphatic carbocycles. The van der Waals surface area contributed by atoms with Crippen molar-refractivity contribution in [3.8, 4) is 11.8 Å². The second-order valence-electron chi connectivity index (χ2n) is 8.15. The number of phenolic OH excluding ortho intramolecular Hbond substituents is 1. The molecular formula is C25H17F4N3O. The summed E-state index contributed by atoms with van der Waals surface area (Å²) in [6.45, 7) is 0. The first-order valence-electron chi connectivity index (χ1n) is 10.3. The quantitative estimate of drug-likeness (QED) is 0.490. The minimum atomic E-state index is -4.70. The highest BCUT2D eigenvalue weighted by atomic mass is 19.4. The molecule has 0 amide bonds. The van der Waals surface area contributed by atoms with Crippen molar-refractivity contribution in [1.82, 2.24) is 0 Å². The van der Waals surface area contributed by atoms with Crippen molar-refractivity contribution < 1.29 is 22.7 Å². The zero-order chi connectivity index (χ0) is 23.3. The van der Waals surface area contributed by atoms with E-state index in [0.717, 1.165) is 28.8 Å². The lowest BCUT2D eigenvalue weighted by molar-refractivity contribution is -0.137. The van der Waals surface area contributed by atoms with Crippen molar-refractivity contribution in [3.05, 3.63) is 94.3 Å². The Hall–Kier alpha value is -3.86. The number of phenols is 1. The summed E-state index contributed by atoms with van der Waals surface area (Å²) in [5, 5.41) is 25.3. The van der Waals surface area contributed by atoms with Crippen molar-refractivity contribution in [3.63, 3.8) is 0 Å². The highest BCUT2D eigenvalue weighted by molar-refractivity contribution is 6.07. The summed E-state index contributed by atoms with van der Waals surface area (Å²) in [5.41, 5.74) is 1.89. The Kier molecular flexibility index (Phi) is 4.85. The van der Waals surface area contributed by atoms with Crippen LogP contribution in [0.25, 0.3) is 0 Å². The number of hydrazone groups is 1. The number of fused-ring (bicyclic) bond motifs is 3. The van der Waals surface area contributed by atoms with Crippen LogP contribution in [-0.4, -0.2) is 10.8 Å². The van der Waals surface area contributed by atoms with E-state index in [4.69, 9.17) is 10.4 Å². The molecule has 166 valence electrons. The molecule has 3 aromatic rings. The number of aromatic hydroxyl groups is 1. The van der Waals surface area contributed by atoms with Crippen molar-refractivity contribution in [2.75, 3.05) is 5.01 Å². The van der Waals surface area contributed by atoms with Crippen molar-refractivity contribution in [2.24, 2.45) is 11.0 Å². The number of nitriles is 1. The van der Waals surface area contributed by atoms with Crippen LogP contribution in [0.15, 0.2) is 65.8 Å². The van der Waals surface area contributed by atoms with Crippen LogP contribution < -0.4 is 5.01 Å². The molecule has 8 heteroatoms. The van der Waals surface area contributed by atoms with Gasteiger partial charge in [-0.05, 0) is 72.5 Å². The minimum absolute atomic E-state index is 0.139. The van der Waals surface area contributed by atoms with E-state index in [2.05, 4.69) is 0 Å². The van der Waals surface area contributed by atoms with Crippen LogP contribution in [0, 0.1) is 23.1 Å². The van der Waals surface area contributed by atoms with E-state index in [9.17, 15) is 22.7 Å². The number of nitrogens with zero attached hydrogens (tertiary/aromatic N) is 3. The molecule has 0 aromatic heterocycles. The Morgan fingerprint density at radius 3 is 2.48 bits per heavy atom. The Balaban J connectivity index is 1.68. The van der Waals surface area contributed by atoms with Gasteiger partial charge in [-0.25, -0.2) is 4.39 Å². The van der Waals surface area contributed by atoms with Crippen LogP contribution in [0.4, 0.5) is 23.2 Å². The number of anilines is 1. The first-order valence-corrected chi connectivity index (χ1v) is 10.3. The highest BCUT2D eigenvalue weighted by Crippen LogP contribution is 2.46. The number of rotatable bonds is 2. The van der Waals surface area contributed by atoms with Crippen molar-refractivity contribution >= 4 is 11.4 Å². The van der Waals surface area contributed by atoms with Gasteiger partial charge in [0.05, 0.1) is 34.6 Å². The number of aryl methyl sites for hydroxylation is 1. The zero-order valence-corrected chi connectivity index (χ0v) is 17.1. The molecule has 1 unspecified atom stereocenters. The van der Waals surface area contributed by atoms with Gasteiger partial charge in [0.15, 0.2) is 0 Å². The SMILES string of the molecule is N#Cc1ccc(N2N=C3c4ccc(O)cc4CCC3[C@@H]2c2ccc(F)cc2)cc1C(F)(F)F. The molecule has 0 spiro atoms. The average molecular weight is 451 g/mol. The molecule has 0 fully saturated rings. The summed E-state index contributed by atoms with van der Waals surface area (Å²) in [5.74, 6) is -0.413. The molecule has 1 aliphatic heterocycles. The maximum absolute atomic E-state index is 13.6. The molecule has 5 rings (SSSR count). The van der Waals surface area contributed by atoms with E-state index in [-0.39, 0.29) is 17.4 Å². The lowest BCUT2D eigenvalue weighted by atomic mass is 9.77. The summed E-state index contributed by atoms with van der Waals surface area (Å²) in [7, 11) is 0. The molecule has 1 heterocycles. The van der Waals surface area contributed by atoms with E-state index in [1.807, 2.05) is 0 Å². The van der Waals surface area contributed by atoms with Gasteiger partial charge < -0.3 is 5.11 Å². The fourth-order valence-electron chi connectivity index (χ4n) is 4.73. The monoisotopic (exact) mass is 451 g/mol. The normalized spacial score (nSPS) is 19.5. The van der Waals surface area contributed by atoms with Crippen LogP contribution in [-0.2, 0) is 12.6 Å². The second kappa shape index (κ2) is 7.62. The predicted molar refractivity (Wildman–Crippen MR) is 114 cm³/mol. The summed E-state index contributed by atoms with van der Waals surface area (Å²) in [6, 6.07) is 15.6.